The third-order valence-corrected chi connectivity index (χ3v) is 6.45. The van der Waals surface area contributed by atoms with Crippen LogP contribution >= 0.6 is 11.6 Å². The SMILES string of the molecule is Clc1ccccc1-c1nc2cnc(NCc3ccccc3)nc2n1CCC1CCNCC1. The van der Waals surface area contributed by atoms with Crippen molar-refractivity contribution < 1.29 is 0 Å². The zero-order chi connectivity index (χ0) is 21.8. The number of piperidine rings is 1. The van der Waals surface area contributed by atoms with Gasteiger partial charge in [-0.1, -0.05) is 54.1 Å². The third-order valence-electron chi connectivity index (χ3n) is 6.12. The van der Waals surface area contributed by atoms with Crippen molar-refractivity contribution in [2.45, 2.75) is 32.4 Å². The van der Waals surface area contributed by atoms with Crippen LogP contribution in [-0.4, -0.2) is 32.6 Å². The van der Waals surface area contributed by atoms with Gasteiger partial charge in [-0.2, -0.15) is 4.98 Å². The molecule has 3 heterocycles. The molecule has 0 aliphatic carbocycles. The second kappa shape index (κ2) is 9.67. The summed E-state index contributed by atoms with van der Waals surface area (Å²) >= 11 is 6.55. The van der Waals surface area contributed by atoms with E-state index in [1.165, 1.54) is 18.4 Å². The Kier molecular flexibility index (Phi) is 6.32. The van der Waals surface area contributed by atoms with Gasteiger partial charge >= 0.3 is 0 Å². The number of hydrogen-bond donors (Lipinski definition) is 2. The Labute approximate surface area is 193 Å². The standard InChI is InChI=1S/C25H27ClN6/c26-21-9-5-4-8-20(21)23-30-22-17-29-25(28-16-19-6-2-1-3-7-19)31-24(22)32(23)15-12-18-10-13-27-14-11-18/h1-9,17-18,27H,10-16H2,(H,28,29,31). The molecule has 1 saturated heterocycles. The fraction of sp³-hybridized carbons (Fsp3) is 0.320. The summed E-state index contributed by atoms with van der Waals surface area (Å²) in [6.45, 7) is 3.73. The van der Waals surface area contributed by atoms with Gasteiger partial charge in [0.1, 0.15) is 11.3 Å². The number of nitrogens with zero attached hydrogens (tertiary/aromatic N) is 4. The lowest BCUT2D eigenvalue weighted by molar-refractivity contribution is 0.339. The first-order valence-corrected chi connectivity index (χ1v) is 11.6. The molecule has 0 bridgehead atoms. The third kappa shape index (κ3) is 4.61. The smallest absolute Gasteiger partial charge is 0.225 e. The van der Waals surface area contributed by atoms with E-state index in [0.29, 0.717) is 23.4 Å². The molecule has 164 valence electrons. The van der Waals surface area contributed by atoms with Gasteiger partial charge in [-0.15, -0.1) is 0 Å². The first kappa shape index (κ1) is 20.9. The Hall–Kier alpha value is -2.96. The predicted octanol–water partition coefficient (Wildman–Crippen LogP) is 5.15. The van der Waals surface area contributed by atoms with E-state index in [2.05, 4.69) is 32.3 Å². The van der Waals surface area contributed by atoms with E-state index in [9.17, 15) is 0 Å². The van der Waals surface area contributed by atoms with Gasteiger partial charge < -0.3 is 15.2 Å². The number of hydrogen-bond acceptors (Lipinski definition) is 5. The predicted molar refractivity (Wildman–Crippen MR) is 130 cm³/mol. The van der Waals surface area contributed by atoms with Crippen LogP contribution in [-0.2, 0) is 13.1 Å². The molecule has 6 nitrogen and oxygen atoms in total. The Morgan fingerprint density at radius 3 is 2.59 bits per heavy atom. The highest BCUT2D eigenvalue weighted by Gasteiger charge is 2.19. The molecule has 0 saturated carbocycles. The van der Waals surface area contributed by atoms with Crippen molar-refractivity contribution in [3.63, 3.8) is 0 Å². The van der Waals surface area contributed by atoms with Gasteiger partial charge in [0, 0.05) is 18.7 Å². The summed E-state index contributed by atoms with van der Waals surface area (Å²) in [4.78, 5) is 14.2. The summed E-state index contributed by atoms with van der Waals surface area (Å²) in [5, 5.41) is 7.50. The number of nitrogens with one attached hydrogen (secondary N) is 2. The summed E-state index contributed by atoms with van der Waals surface area (Å²) < 4.78 is 2.22. The van der Waals surface area contributed by atoms with E-state index in [1.54, 1.807) is 6.20 Å². The summed E-state index contributed by atoms with van der Waals surface area (Å²) in [5.41, 5.74) is 3.75. The van der Waals surface area contributed by atoms with Crippen LogP contribution in [0.2, 0.25) is 5.02 Å². The molecule has 0 radical (unpaired) electrons. The van der Waals surface area contributed by atoms with Crippen LogP contribution in [0.3, 0.4) is 0 Å². The van der Waals surface area contributed by atoms with Gasteiger partial charge in [0.25, 0.3) is 0 Å². The normalized spacial score (nSPS) is 14.7. The van der Waals surface area contributed by atoms with Crippen molar-refractivity contribution >= 4 is 28.7 Å². The molecule has 7 heteroatoms. The maximum Gasteiger partial charge on any atom is 0.225 e. The minimum atomic E-state index is 0.607. The number of aromatic nitrogens is 4. The van der Waals surface area contributed by atoms with Crippen molar-refractivity contribution in [2.24, 2.45) is 5.92 Å². The molecule has 0 unspecified atom stereocenters. The molecule has 2 aromatic heterocycles. The molecule has 0 amide bonds. The van der Waals surface area contributed by atoms with E-state index >= 15 is 0 Å². The molecule has 1 aliphatic rings. The molecular formula is C25H27ClN6. The molecule has 1 fully saturated rings. The van der Waals surface area contributed by atoms with Crippen LogP contribution < -0.4 is 10.6 Å². The topological polar surface area (TPSA) is 67.7 Å². The maximum atomic E-state index is 6.55. The second-order valence-electron chi connectivity index (χ2n) is 8.29. The molecule has 1 aliphatic heterocycles. The van der Waals surface area contributed by atoms with Crippen LogP contribution in [0.1, 0.15) is 24.8 Å². The van der Waals surface area contributed by atoms with Crippen molar-refractivity contribution in [2.75, 3.05) is 18.4 Å². The van der Waals surface area contributed by atoms with Crippen LogP contribution in [0, 0.1) is 5.92 Å². The van der Waals surface area contributed by atoms with Gasteiger partial charge in [-0.05, 0) is 56.0 Å². The Balaban J connectivity index is 1.47. The Morgan fingerprint density at radius 1 is 1.00 bits per heavy atom. The second-order valence-corrected chi connectivity index (χ2v) is 8.70. The van der Waals surface area contributed by atoms with Gasteiger partial charge in [0.15, 0.2) is 5.65 Å². The number of benzene rings is 2. The Bertz CT molecular complexity index is 1180. The van der Waals surface area contributed by atoms with Crippen LogP contribution in [0.25, 0.3) is 22.6 Å². The Morgan fingerprint density at radius 2 is 1.78 bits per heavy atom. The summed E-state index contributed by atoms with van der Waals surface area (Å²) in [5.74, 6) is 2.18. The zero-order valence-corrected chi connectivity index (χ0v) is 18.7. The molecule has 0 spiro atoms. The molecule has 5 rings (SSSR count). The fourth-order valence-corrected chi connectivity index (χ4v) is 4.54. The lowest BCUT2D eigenvalue weighted by Gasteiger charge is -2.23. The minimum Gasteiger partial charge on any atom is -0.350 e. The number of aryl methyl sites for hydroxylation is 1. The average Bonchev–Trinajstić information content (AvgIpc) is 3.20. The first-order valence-electron chi connectivity index (χ1n) is 11.2. The quantitative estimate of drug-likeness (QED) is 0.411. The molecule has 0 atom stereocenters. The van der Waals surface area contributed by atoms with Gasteiger partial charge in [0.2, 0.25) is 5.95 Å². The lowest BCUT2D eigenvalue weighted by Crippen LogP contribution is -2.28. The minimum absolute atomic E-state index is 0.607. The maximum absolute atomic E-state index is 6.55. The molecule has 2 aromatic carbocycles. The lowest BCUT2D eigenvalue weighted by atomic mass is 9.95. The summed E-state index contributed by atoms with van der Waals surface area (Å²) in [6, 6.07) is 18.1. The number of anilines is 1. The fourth-order valence-electron chi connectivity index (χ4n) is 4.32. The van der Waals surface area contributed by atoms with Crippen molar-refractivity contribution in [3.8, 4) is 11.4 Å². The van der Waals surface area contributed by atoms with Crippen molar-refractivity contribution in [1.82, 2.24) is 24.8 Å². The summed E-state index contributed by atoms with van der Waals surface area (Å²) in [7, 11) is 0. The van der Waals surface area contributed by atoms with E-state index < -0.39 is 0 Å². The molecule has 32 heavy (non-hydrogen) atoms. The summed E-state index contributed by atoms with van der Waals surface area (Å²) in [6.07, 6.45) is 5.33. The number of fused-ring (bicyclic) bond motifs is 1. The van der Waals surface area contributed by atoms with Crippen LogP contribution in [0.5, 0.6) is 0 Å². The monoisotopic (exact) mass is 446 g/mol. The molecule has 4 aromatic rings. The number of rotatable bonds is 7. The van der Waals surface area contributed by atoms with Crippen LogP contribution in [0.4, 0.5) is 5.95 Å². The van der Waals surface area contributed by atoms with Gasteiger partial charge in [-0.3, -0.25) is 0 Å². The first-order chi connectivity index (χ1) is 15.8. The van der Waals surface area contributed by atoms with Crippen molar-refractivity contribution in [1.29, 1.82) is 0 Å². The highest BCUT2D eigenvalue weighted by molar-refractivity contribution is 6.33. The van der Waals surface area contributed by atoms with Gasteiger partial charge in [0.05, 0.1) is 11.2 Å². The zero-order valence-electron chi connectivity index (χ0n) is 18.0. The number of halogens is 1. The van der Waals surface area contributed by atoms with Crippen molar-refractivity contribution in [3.05, 3.63) is 71.4 Å². The van der Waals surface area contributed by atoms with E-state index in [4.69, 9.17) is 21.6 Å². The number of imidazole rings is 1. The average molecular weight is 447 g/mol. The highest BCUT2D eigenvalue weighted by atomic mass is 35.5. The highest BCUT2D eigenvalue weighted by Crippen LogP contribution is 2.31. The van der Waals surface area contributed by atoms with E-state index in [-0.39, 0.29) is 0 Å². The molecular weight excluding hydrogens is 420 g/mol. The van der Waals surface area contributed by atoms with E-state index in [1.807, 2.05) is 42.5 Å². The largest absolute Gasteiger partial charge is 0.350 e. The van der Waals surface area contributed by atoms with E-state index in [0.717, 1.165) is 48.6 Å². The van der Waals surface area contributed by atoms with Crippen LogP contribution in [0.15, 0.2) is 60.8 Å². The molecule has 2 N–H and O–H groups in total. The van der Waals surface area contributed by atoms with Gasteiger partial charge in [-0.25, -0.2) is 9.97 Å².